The number of nitrogens with zero attached hydrogens (tertiary/aromatic N) is 2. The summed E-state index contributed by atoms with van der Waals surface area (Å²) in [7, 11) is 4.42. The fourth-order valence-corrected chi connectivity index (χ4v) is 0.780. The van der Waals surface area contributed by atoms with Gasteiger partial charge in [-0.15, -0.1) is 4.99 Å². The Morgan fingerprint density at radius 3 is 2.12 bits per heavy atom. The van der Waals surface area contributed by atoms with Gasteiger partial charge in [-0.1, -0.05) is 0 Å². The number of methoxy groups -OCH3 is 1. The molecule has 0 fully saturated rings. The van der Waals surface area contributed by atoms with Crippen LogP contribution in [0.1, 0.15) is 20.8 Å². The summed E-state index contributed by atoms with van der Waals surface area (Å²) >= 11 is 0. The third-order valence-corrected chi connectivity index (χ3v) is 1.48. The number of hydrogen-bond acceptors (Lipinski definition) is 3. The minimum Gasteiger partial charge on any atom is -0.468 e. The number of carbonyl (C=O) groups is 2. The number of rotatable bonds is 0. The molecular formula is C10H20N4O3. The molecule has 0 aromatic heterocycles. The van der Waals surface area contributed by atoms with Crippen LogP contribution in [0.3, 0.4) is 0 Å². The Morgan fingerprint density at radius 2 is 1.76 bits per heavy atom. The van der Waals surface area contributed by atoms with E-state index in [0.29, 0.717) is 0 Å². The van der Waals surface area contributed by atoms with E-state index in [0.717, 1.165) is 0 Å². The van der Waals surface area contributed by atoms with Crippen LogP contribution in [0.25, 0.3) is 0 Å². The lowest BCUT2D eigenvalue weighted by atomic mass is 10.1. The summed E-state index contributed by atoms with van der Waals surface area (Å²) < 4.78 is 4.79. The number of amidine groups is 1. The Kier molecular flexibility index (Phi) is 5.43. The van der Waals surface area contributed by atoms with Gasteiger partial charge < -0.3 is 15.0 Å². The molecule has 0 saturated carbocycles. The average Bonchev–Trinajstić information content (AvgIpc) is 2.13. The zero-order valence-electron chi connectivity index (χ0n) is 11.1. The first-order chi connectivity index (χ1) is 7.65. The summed E-state index contributed by atoms with van der Waals surface area (Å²) in [6.07, 6.45) is 0. The molecule has 0 spiro atoms. The SMILES string of the molecule is COC(=NC(=O)N(C)C)NC(=O)NC(C)(C)C. The maximum Gasteiger partial charge on any atom is 0.347 e. The van der Waals surface area contributed by atoms with Crippen LogP contribution in [0.4, 0.5) is 9.59 Å². The van der Waals surface area contributed by atoms with Gasteiger partial charge in [-0.05, 0) is 20.8 Å². The van der Waals surface area contributed by atoms with Crippen molar-refractivity contribution in [3.63, 3.8) is 0 Å². The second kappa shape index (κ2) is 6.07. The molecule has 0 atom stereocenters. The molecule has 7 nitrogen and oxygen atoms in total. The number of hydrogen-bond donors (Lipinski definition) is 2. The number of ether oxygens (including phenoxy) is 1. The quantitative estimate of drug-likeness (QED) is 0.487. The zero-order valence-corrected chi connectivity index (χ0v) is 11.1. The van der Waals surface area contributed by atoms with Crippen LogP contribution < -0.4 is 10.6 Å². The van der Waals surface area contributed by atoms with Gasteiger partial charge in [-0.25, -0.2) is 9.59 Å². The summed E-state index contributed by atoms with van der Waals surface area (Å²) in [5, 5.41) is 4.99. The summed E-state index contributed by atoms with van der Waals surface area (Å²) in [6, 6.07) is -1.15. The first-order valence-electron chi connectivity index (χ1n) is 5.09. The van der Waals surface area contributed by atoms with E-state index in [1.165, 1.54) is 12.0 Å². The van der Waals surface area contributed by atoms with E-state index in [4.69, 9.17) is 4.74 Å². The summed E-state index contributed by atoms with van der Waals surface area (Å²) in [6.45, 7) is 5.50. The molecule has 0 aliphatic rings. The minimum absolute atomic E-state index is 0.148. The lowest BCUT2D eigenvalue weighted by Crippen LogP contribution is -2.48. The van der Waals surface area contributed by atoms with Crippen LogP contribution in [0.2, 0.25) is 0 Å². The highest BCUT2D eigenvalue weighted by atomic mass is 16.5. The summed E-state index contributed by atoms with van der Waals surface area (Å²) in [5.41, 5.74) is -0.380. The molecule has 7 heteroatoms. The number of nitrogens with one attached hydrogen (secondary N) is 2. The van der Waals surface area contributed by atoms with E-state index < -0.39 is 12.1 Å². The van der Waals surface area contributed by atoms with Gasteiger partial charge in [0.2, 0.25) is 0 Å². The van der Waals surface area contributed by atoms with Gasteiger partial charge in [0.15, 0.2) is 0 Å². The van der Waals surface area contributed by atoms with E-state index in [2.05, 4.69) is 15.6 Å². The highest BCUT2D eigenvalue weighted by Gasteiger charge is 2.16. The number of urea groups is 2. The Balaban J connectivity index is 4.51. The maximum atomic E-state index is 11.5. The fourth-order valence-electron chi connectivity index (χ4n) is 0.780. The molecule has 2 N–H and O–H groups in total. The van der Waals surface area contributed by atoms with Crippen molar-refractivity contribution in [3.8, 4) is 0 Å². The van der Waals surface area contributed by atoms with E-state index in [1.54, 1.807) is 14.1 Å². The van der Waals surface area contributed by atoms with Gasteiger partial charge in [-0.3, -0.25) is 5.32 Å². The largest absolute Gasteiger partial charge is 0.468 e. The lowest BCUT2D eigenvalue weighted by Gasteiger charge is -2.20. The fraction of sp³-hybridized carbons (Fsp3) is 0.700. The van der Waals surface area contributed by atoms with Crippen LogP contribution >= 0.6 is 0 Å². The predicted molar refractivity (Wildman–Crippen MR) is 64.9 cm³/mol. The van der Waals surface area contributed by atoms with Crippen molar-refractivity contribution in [1.29, 1.82) is 0 Å². The molecule has 0 aliphatic heterocycles. The minimum atomic E-state index is -0.516. The van der Waals surface area contributed by atoms with Crippen molar-refractivity contribution in [2.75, 3.05) is 21.2 Å². The molecular weight excluding hydrogens is 224 g/mol. The van der Waals surface area contributed by atoms with E-state index >= 15 is 0 Å². The zero-order chi connectivity index (χ0) is 13.6. The Bertz CT molecular complexity index is 318. The van der Waals surface area contributed by atoms with Crippen molar-refractivity contribution >= 4 is 18.1 Å². The highest BCUT2D eigenvalue weighted by Crippen LogP contribution is 1.97. The standard InChI is InChI=1S/C10H20N4O3/c1-10(2,3)13-7(15)11-8(17-6)12-9(16)14(4)5/h1-6H3,(H2,11,12,13,15,16). The molecule has 0 radical (unpaired) electrons. The molecule has 98 valence electrons. The Hall–Kier alpha value is -1.79. The monoisotopic (exact) mass is 244 g/mol. The molecule has 0 saturated heterocycles. The van der Waals surface area contributed by atoms with Gasteiger partial charge in [0, 0.05) is 19.6 Å². The molecule has 0 unspecified atom stereocenters. The normalized spacial score (nSPS) is 11.8. The van der Waals surface area contributed by atoms with Crippen molar-refractivity contribution < 1.29 is 14.3 Å². The number of amides is 4. The van der Waals surface area contributed by atoms with Crippen LogP contribution in [0.15, 0.2) is 4.99 Å². The topological polar surface area (TPSA) is 83.0 Å². The second-order valence-electron chi connectivity index (χ2n) is 4.63. The number of aliphatic imine (C=N–C) groups is 1. The van der Waals surface area contributed by atoms with Gasteiger partial charge >= 0.3 is 18.1 Å². The van der Waals surface area contributed by atoms with Crippen molar-refractivity contribution in [2.45, 2.75) is 26.3 Å². The van der Waals surface area contributed by atoms with Crippen LogP contribution in [-0.4, -0.2) is 49.7 Å². The van der Waals surface area contributed by atoms with Gasteiger partial charge in [0.25, 0.3) is 0 Å². The lowest BCUT2D eigenvalue weighted by molar-refractivity contribution is 0.225. The molecule has 0 aromatic rings. The average molecular weight is 244 g/mol. The van der Waals surface area contributed by atoms with E-state index in [1.807, 2.05) is 20.8 Å². The van der Waals surface area contributed by atoms with Gasteiger partial charge in [-0.2, -0.15) is 0 Å². The number of carbonyl (C=O) groups excluding carboxylic acids is 2. The third kappa shape index (κ3) is 7.15. The first kappa shape index (κ1) is 15.2. The summed E-state index contributed by atoms with van der Waals surface area (Å²) in [4.78, 5) is 27.6. The van der Waals surface area contributed by atoms with Crippen molar-refractivity contribution in [1.82, 2.24) is 15.5 Å². The van der Waals surface area contributed by atoms with E-state index in [-0.39, 0.29) is 11.6 Å². The molecule has 4 amide bonds. The molecule has 0 aromatic carbocycles. The van der Waals surface area contributed by atoms with Gasteiger partial charge in [0.05, 0.1) is 7.11 Å². The molecule has 0 bridgehead atoms. The molecule has 0 aliphatic carbocycles. The predicted octanol–water partition coefficient (Wildman–Crippen LogP) is 0.768. The maximum absolute atomic E-state index is 11.5. The van der Waals surface area contributed by atoms with Crippen LogP contribution in [0, 0.1) is 0 Å². The van der Waals surface area contributed by atoms with Crippen molar-refractivity contribution in [3.05, 3.63) is 0 Å². The highest BCUT2D eigenvalue weighted by molar-refractivity contribution is 5.98. The molecule has 0 rings (SSSR count). The molecule has 17 heavy (non-hydrogen) atoms. The van der Waals surface area contributed by atoms with E-state index in [9.17, 15) is 9.59 Å². The van der Waals surface area contributed by atoms with Gasteiger partial charge in [0.1, 0.15) is 0 Å². The Labute approximate surface area is 101 Å². The van der Waals surface area contributed by atoms with Crippen molar-refractivity contribution in [2.24, 2.45) is 4.99 Å². The third-order valence-electron chi connectivity index (χ3n) is 1.48. The summed E-state index contributed by atoms with van der Waals surface area (Å²) in [5.74, 6) is 0. The first-order valence-corrected chi connectivity index (χ1v) is 5.09. The second-order valence-corrected chi connectivity index (χ2v) is 4.63. The smallest absolute Gasteiger partial charge is 0.347 e. The molecule has 0 heterocycles. The Morgan fingerprint density at radius 1 is 1.24 bits per heavy atom. The van der Waals surface area contributed by atoms with Crippen LogP contribution in [-0.2, 0) is 4.74 Å². The van der Waals surface area contributed by atoms with Crippen LogP contribution in [0.5, 0.6) is 0 Å².